The summed E-state index contributed by atoms with van der Waals surface area (Å²) in [6.45, 7) is 4.64. The van der Waals surface area contributed by atoms with Crippen molar-refractivity contribution in [3.8, 4) is 11.5 Å². The van der Waals surface area contributed by atoms with Crippen molar-refractivity contribution in [2.24, 2.45) is 5.10 Å². The average molecular weight is 454 g/mol. The lowest BCUT2D eigenvalue weighted by Crippen LogP contribution is -2.30. The molecule has 3 rings (SSSR count). The largest absolute Gasteiger partial charge is 0.491 e. The zero-order valence-corrected chi connectivity index (χ0v) is 18.8. The van der Waals surface area contributed by atoms with Gasteiger partial charge in [0.2, 0.25) is 0 Å². The van der Waals surface area contributed by atoms with Gasteiger partial charge in [0.1, 0.15) is 5.56 Å². The molecule has 1 aromatic heterocycles. The number of ether oxygens (including phenoxy) is 2. The monoisotopic (exact) mass is 453 g/mol. The van der Waals surface area contributed by atoms with Gasteiger partial charge in [0.05, 0.1) is 31.5 Å². The van der Waals surface area contributed by atoms with Crippen LogP contribution >= 0.6 is 11.6 Å². The van der Waals surface area contributed by atoms with Crippen molar-refractivity contribution in [2.45, 2.75) is 20.4 Å². The van der Waals surface area contributed by atoms with E-state index in [9.17, 15) is 9.59 Å². The van der Waals surface area contributed by atoms with E-state index in [2.05, 4.69) is 10.5 Å². The van der Waals surface area contributed by atoms with E-state index < -0.39 is 11.5 Å². The van der Waals surface area contributed by atoms with E-state index in [1.54, 1.807) is 24.4 Å². The summed E-state index contributed by atoms with van der Waals surface area (Å²) in [4.78, 5) is 25.3. The van der Waals surface area contributed by atoms with E-state index in [0.29, 0.717) is 35.2 Å². The molecule has 0 spiro atoms. The summed E-state index contributed by atoms with van der Waals surface area (Å²) < 4.78 is 12.3. The van der Waals surface area contributed by atoms with Crippen molar-refractivity contribution in [3.05, 3.63) is 92.4 Å². The first-order valence-electron chi connectivity index (χ1n) is 10.0. The number of halogens is 1. The molecule has 166 valence electrons. The molecule has 1 N–H and O–H groups in total. The van der Waals surface area contributed by atoms with Crippen molar-refractivity contribution in [1.29, 1.82) is 0 Å². The molecule has 8 heteroatoms. The molecule has 1 amide bonds. The third-order valence-electron chi connectivity index (χ3n) is 4.62. The average Bonchev–Trinajstić information content (AvgIpc) is 2.75. The van der Waals surface area contributed by atoms with Crippen LogP contribution in [0.5, 0.6) is 11.5 Å². The molecule has 0 bridgehead atoms. The number of aryl methyl sites for hydroxylation is 1. The lowest BCUT2D eigenvalue weighted by atomic mass is 10.1. The Labute approximate surface area is 191 Å². The summed E-state index contributed by atoms with van der Waals surface area (Å²) in [6.07, 6.45) is 3.07. The number of carbonyl (C=O) groups is 1. The number of hydrogen-bond acceptors (Lipinski definition) is 5. The summed E-state index contributed by atoms with van der Waals surface area (Å²) in [5.74, 6) is 0.292. The van der Waals surface area contributed by atoms with Crippen LogP contribution in [0.3, 0.4) is 0 Å². The van der Waals surface area contributed by atoms with Crippen LogP contribution in [0.2, 0.25) is 5.02 Å². The van der Waals surface area contributed by atoms with E-state index >= 15 is 0 Å². The van der Waals surface area contributed by atoms with Crippen LogP contribution in [0, 0.1) is 6.92 Å². The SMILES string of the molecule is CCOc1cc(/C=N\NC(=O)c2cccn(Cc3cccc(C)c3)c2=O)cc(Cl)c1OC. The molecule has 0 aliphatic carbocycles. The molecule has 7 nitrogen and oxygen atoms in total. The Hall–Kier alpha value is -3.58. The number of carbonyl (C=O) groups excluding carboxylic acids is 1. The Morgan fingerprint density at radius 3 is 2.75 bits per heavy atom. The fourth-order valence-corrected chi connectivity index (χ4v) is 3.49. The highest BCUT2D eigenvalue weighted by molar-refractivity contribution is 6.32. The minimum atomic E-state index is -0.602. The molecule has 0 aliphatic heterocycles. The number of methoxy groups -OCH3 is 1. The lowest BCUT2D eigenvalue weighted by molar-refractivity contribution is 0.0953. The lowest BCUT2D eigenvalue weighted by Gasteiger charge is -2.11. The van der Waals surface area contributed by atoms with Gasteiger partial charge >= 0.3 is 0 Å². The summed E-state index contributed by atoms with van der Waals surface area (Å²) in [5.41, 5.74) is 4.67. The van der Waals surface area contributed by atoms with Crippen LogP contribution in [-0.2, 0) is 6.54 Å². The minimum absolute atomic E-state index is 0.0000664. The fraction of sp³-hybridized carbons (Fsp3) is 0.208. The number of hydrazone groups is 1. The Morgan fingerprint density at radius 2 is 2.03 bits per heavy atom. The molecule has 0 saturated carbocycles. The minimum Gasteiger partial charge on any atom is -0.491 e. The van der Waals surface area contributed by atoms with Gasteiger partial charge in [0, 0.05) is 6.20 Å². The molecular formula is C24H24ClN3O4. The van der Waals surface area contributed by atoms with Gasteiger partial charge in [-0.15, -0.1) is 0 Å². The number of benzene rings is 2. The zero-order chi connectivity index (χ0) is 23.1. The quantitative estimate of drug-likeness (QED) is 0.412. The number of hydrogen-bond donors (Lipinski definition) is 1. The second-order valence-electron chi connectivity index (χ2n) is 7.01. The van der Waals surface area contributed by atoms with E-state index in [1.165, 1.54) is 24.0 Å². The molecule has 0 saturated heterocycles. The van der Waals surface area contributed by atoms with Gasteiger partial charge in [-0.1, -0.05) is 41.4 Å². The third-order valence-corrected chi connectivity index (χ3v) is 4.90. The Bertz CT molecular complexity index is 1200. The Balaban J connectivity index is 1.75. The van der Waals surface area contributed by atoms with Crippen molar-refractivity contribution in [1.82, 2.24) is 9.99 Å². The standard InChI is InChI=1S/C24H24ClN3O4/c1-4-32-21-13-18(12-20(25)22(21)31-3)14-26-27-23(29)19-9-6-10-28(24(19)30)15-17-8-5-7-16(2)11-17/h5-14H,4,15H2,1-3H3,(H,27,29)/b26-14-. The van der Waals surface area contributed by atoms with Crippen LogP contribution < -0.4 is 20.5 Å². The van der Waals surface area contributed by atoms with Gasteiger partial charge in [-0.3, -0.25) is 9.59 Å². The van der Waals surface area contributed by atoms with Crippen molar-refractivity contribution >= 4 is 23.7 Å². The maximum absolute atomic E-state index is 12.8. The number of nitrogens with zero attached hydrogens (tertiary/aromatic N) is 2. The first-order valence-corrected chi connectivity index (χ1v) is 10.4. The first-order chi connectivity index (χ1) is 15.4. The van der Waals surface area contributed by atoms with E-state index in [0.717, 1.165) is 11.1 Å². The highest BCUT2D eigenvalue weighted by Gasteiger charge is 2.13. The molecule has 0 radical (unpaired) electrons. The zero-order valence-electron chi connectivity index (χ0n) is 18.1. The summed E-state index contributed by atoms with van der Waals surface area (Å²) in [5, 5.41) is 4.31. The Kier molecular flexibility index (Phi) is 7.68. The summed E-state index contributed by atoms with van der Waals surface area (Å²) in [7, 11) is 1.50. The second kappa shape index (κ2) is 10.6. The van der Waals surface area contributed by atoms with Crippen LogP contribution in [0.25, 0.3) is 0 Å². The molecule has 2 aromatic carbocycles. The highest BCUT2D eigenvalue weighted by Crippen LogP contribution is 2.35. The number of rotatable bonds is 8. The van der Waals surface area contributed by atoms with E-state index in [1.807, 2.05) is 38.1 Å². The summed E-state index contributed by atoms with van der Waals surface area (Å²) in [6, 6.07) is 14.3. The maximum Gasteiger partial charge on any atom is 0.276 e. The van der Waals surface area contributed by atoms with Crippen molar-refractivity contribution < 1.29 is 14.3 Å². The Morgan fingerprint density at radius 1 is 1.22 bits per heavy atom. The van der Waals surface area contributed by atoms with E-state index in [-0.39, 0.29) is 5.56 Å². The topological polar surface area (TPSA) is 81.9 Å². The maximum atomic E-state index is 12.8. The normalized spacial score (nSPS) is 10.9. The predicted octanol–water partition coefficient (Wildman–Crippen LogP) is 4.03. The van der Waals surface area contributed by atoms with Gasteiger partial charge in [-0.2, -0.15) is 5.10 Å². The van der Waals surface area contributed by atoms with Gasteiger partial charge in [-0.05, 0) is 49.2 Å². The smallest absolute Gasteiger partial charge is 0.276 e. The van der Waals surface area contributed by atoms with Gasteiger partial charge < -0.3 is 14.0 Å². The highest BCUT2D eigenvalue weighted by atomic mass is 35.5. The van der Waals surface area contributed by atoms with Gasteiger partial charge in [0.25, 0.3) is 11.5 Å². The molecule has 1 heterocycles. The van der Waals surface area contributed by atoms with Crippen LogP contribution in [0.1, 0.15) is 34.0 Å². The predicted molar refractivity (Wildman–Crippen MR) is 125 cm³/mol. The van der Waals surface area contributed by atoms with Gasteiger partial charge in [-0.25, -0.2) is 5.43 Å². The van der Waals surface area contributed by atoms with Crippen molar-refractivity contribution in [3.63, 3.8) is 0 Å². The molecule has 0 aliphatic rings. The van der Waals surface area contributed by atoms with Crippen LogP contribution in [0.15, 0.2) is 64.6 Å². The molecule has 32 heavy (non-hydrogen) atoms. The first kappa shape index (κ1) is 23.1. The third kappa shape index (κ3) is 5.56. The van der Waals surface area contributed by atoms with E-state index in [4.69, 9.17) is 21.1 Å². The number of amides is 1. The molecule has 0 unspecified atom stereocenters. The van der Waals surface area contributed by atoms with Crippen LogP contribution in [-0.4, -0.2) is 30.4 Å². The number of pyridine rings is 1. The van der Waals surface area contributed by atoms with Gasteiger partial charge in [0.15, 0.2) is 11.5 Å². The fourth-order valence-electron chi connectivity index (χ4n) is 3.19. The molecule has 0 fully saturated rings. The molecule has 3 aromatic rings. The number of aromatic nitrogens is 1. The molecule has 0 atom stereocenters. The second-order valence-corrected chi connectivity index (χ2v) is 7.42. The molecular weight excluding hydrogens is 430 g/mol. The van der Waals surface area contributed by atoms with Crippen molar-refractivity contribution in [2.75, 3.05) is 13.7 Å². The van der Waals surface area contributed by atoms with Crippen LogP contribution in [0.4, 0.5) is 0 Å². The summed E-state index contributed by atoms with van der Waals surface area (Å²) >= 11 is 6.22. The number of nitrogens with one attached hydrogen (secondary N) is 1.